The van der Waals surface area contributed by atoms with Gasteiger partial charge in [0.15, 0.2) is 0 Å². The van der Waals surface area contributed by atoms with Crippen molar-refractivity contribution in [3.8, 4) is 11.4 Å². The van der Waals surface area contributed by atoms with Gasteiger partial charge < -0.3 is 15.2 Å². The molecule has 6 nitrogen and oxygen atoms in total. The number of primary amides is 1. The highest BCUT2D eigenvalue weighted by atomic mass is 79.9. The smallest absolute Gasteiger partial charge is 0.269 e. The van der Waals surface area contributed by atoms with Crippen LogP contribution >= 0.6 is 15.9 Å². The summed E-state index contributed by atoms with van der Waals surface area (Å²) in [7, 11) is 0. The highest BCUT2D eigenvalue weighted by Gasteiger charge is 2.44. The van der Waals surface area contributed by atoms with E-state index in [1.807, 2.05) is 0 Å². The normalized spacial score (nSPS) is 23.4. The fraction of sp³-hybridized carbons (Fsp3) is 0.421. The van der Waals surface area contributed by atoms with Crippen LogP contribution in [0.5, 0.6) is 0 Å². The Morgan fingerprint density at radius 2 is 1.96 bits per heavy atom. The summed E-state index contributed by atoms with van der Waals surface area (Å²) in [5, 5.41) is 0. The van der Waals surface area contributed by atoms with E-state index >= 15 is 0 Å². The minimum Gasteiger partial charge on any atom is -0.364 e. The molecule has 0 radical (unpaired) electrons. The molecule has 2 bridgehead atoms. The molecule has 4 aliphatic rings. The standard InChI is InChI=1S/C19H19BrN4O2/c1-9(25)23-7-11(8-23)17-16(18(21)26)22-19-15-6-12(20)2-3-14(15)10-4-13(5-10)24(17)19/h2-3,6,10-11,13H,4-5,7-8H2,1H3,(H2,21,26). The van der Waals surface area contributed by atoms with Crippen LogP contribution in [0.15, 0.2) is 22.7 Å². The van der Waals surface area contributed by atoms with Crippen LogP contribution in [0.4, 0.5) is 0 Å². The second-order valence-corrected chi connectivity index (χ2v) is 8.49. The van der Waals surface area contributed by atoms with Crippen molar-refractivity contribution in [2.24, 2.45) is 5.73 Å². The van der Waals surface area contributed by atoms with Crippen LogP contribution in [0, 0.1) is 0 Å². The number of imidazole rings is 1. The number of rotatable bonds is 2. The molecule has 0 atom stereocenters. The first-order valence-corrected chi connectivity index (χ1v) is 9.70. The summed E-state index contributed by atoms with van der Waals surface area (Å²) in [6, 6.07) is 6.67. The van der Waals surface area contributed by atoms with Gasteiger partial charge in [-0.3, -0.25) is 9.59 Å². The van der Waals surface area contributed by atoms with Crippen molar-refractivity contribution in [1.82, 2.24) is 14.5 Å². The van der Waals surface area contributed by atoms with E-state index in [4.69, 9.17) is 10.7 Å². The molecule has 6 rings (SSSR count). The Balaban J connectivity index is 1.69. The van der Waals surface area contributed by atoms with Gasteiger partial charge in [-0.05, 0) is 36.5 Å². The minimum atomic E-state index is -0.491. The summed E-state index contributed by atoms with van der Waals surface area (Å²) in [5.74, 6) is 1.08. The van der Waals surface area contributed by atoms with Crippen molar-refractivity contribution < 1.29 is 9.59 Å². The van der Waals surface area contributed by atoms with Gasteiger partial charge in [0.25, 0.3) is 5.91 Å². The van der Waals surface area contributed by atoms with Gasteiger partial charge in [0.1, 0.15) is 11.5 Å². The first-order valence-electron chi connectivity index (χ1n) is 8.91. The Morgan fingerprint density at radius 3 is 2.62 bits per heavy atom. The van der Waals surface area contributed by atoms with E-state index in [0.717, 1.165) is 34.4 Å². The molecule has 134 valence electrons. The number of benzene rings is 1. The number of nitrogens with zero attached hydrogens (tertiary/aromatic N) is 3. The highest BCUT2D eigenvalue weighted by molar-refractivity contribution is 9.10. The van der Waals surface area contributed by atoms with Gasteiger partial charge in [0.05, 0.1) is 5.69 Å². The van der Waals surface area contributed by atoms with E-state index in [9.17, 15) is 9.59 Å². The number of hydrogen-bond donors (Lipinski definition) is 1. The molecule has 1 saturated heterocycles. The van der Waals surface area contributed by atoms with Crippen molar-refractivity contribution in [2.75, 3.05) is 13.1 Å². The number of carbonyl (C=O) groups is 2. The van der Waals surface area contributed by atoms with Gasteiger partial charge in [-0.2, -0.15) is 0 Å². The Bertz CT molecular complexity index is 955. The molecule has 1 aromatic carbocycles. The van der Waals surface area contributed by atoms with Crippen molar-refractivity contribution in [3.63, 3.8) is 0 Å². The third kappa shape index (κ3) is 2.13. The number of halogens is 1. The summed E-state index contributed by atoms with van der Waals surface area (Å²) in [4.78, 5) is 30.2. The number of amides is 2. The van der Waals surface area contributed by atoms with Crippen LogP contribution in [0.25, 0.3) is 11.4 Å². The molecule has 26 heavy (non-hydrogen) atoms. The van der Waals surface area contributed by atoms with Gasteiger partial charge in [-0.15, -0.1) is 0 Å². The van der Waals surface area contributed by atoms with Crippen molar-refractivity contribution >= 4 is 27.7 Å². The first kappa shape index (κ1) is 16.1. The molecule has 1 aromatic heterocycles. The highest BCUT2D eigenvalue weighted by Crippen LogP contribution is 2.54. The van der Waals surface area contributed by atoms with Crippen molar-refractivity contribution in [1.29, 1.82) is 0 Å². The summed E-state index contributed by atoms with van der Waals surface area (Å²) < 4.78 is 3.25. The zero-order valence-electron chi connectivity index (χ0n) is 14.4. The van der Waals surface area contributed by atoms with Crippen LogP contribution in [0.3, 0.4) is 0 Å². The zero-order valence-corrected chi connectivity index (χ0v) is 16.0. The quantitative estimate of drug-likeness (QED) is 0.819. The monoisotopic (exact) mass is 414 g/mol. The molecule has 0 unspecified atom stereocenters. The van der Waals surface area contributed by atoms with E-state index < -0.39 is 5.91 Å². The van der Waals surface area contributed by atoms with E-state index in [-0.39, 0.29) is 11.8 Å². The molecule has 2 aromatic rings. The van der Waals surface area contributed by atoms with Crippen LogP contribution in [-0.4, -0.2) is 39.4 Å². The van der Waals surface area contributed by atoms with Crippen LogP contribution in [-0.2, 0) is 4.79 Å². The number of aromatic nitrogens is 2. The van der Waals surface area contributed by atoms with E-state index in [2.05, 4.69) is 38.7 Å². The molecule has 4 heterocycles. The maximum absolute atomic E-state index is 12.1. The second-order valence-electron chi connectivity index (χ2n) is 7.58. The number of carbonyl (C=O) groups excluding carboxylic acids is 2. The molecule has 3 aliphatic heterocycles. The number of hydrogen-bond acceptors (Lipinski definition) is 3. The van der Waals surface area contributed by atoms with Gasteiger partial charge in [-0.1, -0.05) is 22.0 Å². The molecule has 2 N–H and O–H groups in total. The van der Waals surface area contributed by atoms with Gasteiger partial charge in [0.2, 0.25) is 5.91 Å². The summed E-state index contributed by atoms with van der Waals surface area (Å²) in [6.07, 6.45) is 2.12. The van der Waals surface area contributed by atoms with Crippen LogP contribution in [0.2, 0.25) is 0 Å². The Hall–Kier alpha value is -2.15. The molecule has 7 heteroatoms. The van der Waals surface area contributed by atoms with Gasteiger partial charge >= 0.3 is 0 Å². The Morgan fingerprint density at radius 1 is 1.23 bits per heavy atom. The lowest BCUT2D eigenvalue weighted by Crippen LogP contribution is -2.49. The number of likely N-dealkylation sites (tertiary alicyclic amines) is 1. The molecular weight excluding hydrogens is 396 g/mol. The van der Waals surface area contributed by atoms with E-state index in [1.54, 1.807) is 11.8 Å². The number of nitrogens with two attached hydrogens (primary N) is 1. The summed E-state index contributed by atoms with van der Waals surface area (Å²) in [5.41, 5.74) is 9.35. The minimum absolute atomic E-state index is 0.0652. The lowest BCUT2D eigenvalue weighted by atomic mass is 9.75. The predicted octanol–water partition coefficient (Wildman–Crippen LogP) is 2.79. The van der Waals surface area contributed by atoms with Crippen LogP contribution < -0.4 is 5.73 Å². The second kappa shape index (κ2) is 5.42. The average Bonchev–Trinajstić information content (AvgIpc) is 2.74. The Labute approximate surface area is 159 Å². The fourth-order valence-corrected chi connectivity index (χ4v) is 4.98. The predicted molar refractivity (Wildman–Crippen MR) is 99.9 cm³/mol. The molecule has 2 fully saturated rings. The Kier molecular flexibility index (Phi) is 3.35. The molecule has 2 amide bonds. The summed E-state index contributed by atoms with van der Waals surface area (Å²) >= 11 is 3.56. The largest absolute Gasteiger partial charge is 0.364 e. The fourth-order valence-electron chi connectivity index (χ4n) is 4.62. The maximum Gasteiger partial charge on any atom is 0.269 e. The van der Waals surface area contributed by atoms with E-state index in [0.29, 0.717) is 30.7 Å². The molecule has 1 saturated carbocycles. The van der Waals surface area contributed by atoms with Gasteiger partial charge in [0, 0.05) is 42.0 Å². The topological polar surface area (TPSA) is 81.2 Å². The third-order valence-corrected chi connectivity index (χ3v) is 6.56. The zero-order chi connectivity index (χ0) is 18.2. The lowest BCUT2D eigenvalue weighted by Gasteiger charge is -2.42. The molecule has 0 spiro atoms. The van der Waals surface area contributed by atoms with Crippen molar-refractivity contribution in [2.45, 2.75) is 37.6 Å². The maximum atomic E-state index is 12.1. The average molecular weight is 415 g/mol. The van der Waals surface area contributed by atoms with Crippen LogP contribution in [0.1, 0.15) is 59.4 Å². The third-order valence-electron chi connectivity index (χ3n) is 6.07. The molecule has 1 aliphatic carbocycles. The molecular formula is C19H19BrN4O2. The SMILES string of the molecule is CC(=O)N1CC(c2c(C(N)=O)nc3n2C2CC(C2)c2ccc(Br)cc2-3)C1. The van der Waals surface area contributed by atoms with E-state index in [1.165, 1.54) is 5.56 Å². The first-order chi connectivity index (χ1) is 12.4. The summed E-state index contributed by atoms with van der Waals surface area (Å²) in [6.45, 7) is 2.83. The lowest BCUT2D eigenvalue weighted by molar-refractivity contribution is -0.133. The van der Waals surface area contributed by atoms with Crippen molar-refractivity contribution in [3.05, 3.63) is 39.6 Å². The van der Waals surface area contributed by atoms with Gasteiger partial charge in [-0.25, -0.2) is 4.98 Å².